The Morgan fingerprint density at radius 2 is 2.28 bits per heavy atom. The lowest BCUT2D eigenvalue weighted by Gasteiger charge is -2.16. The van der Waals surface area contributed by atoms with Gasteiger partial charge >= 0.3 is 0 Å². The van der Waals surface area contributed by atoms with Crippen LogP contribution < -0.4 is 11.1 Å². The van der Waals surface area contributed by atoms with Gasteiger partial charge in [0.2, 0.25) is 0 Å². The fourth-order valence-corrected chi connectivity index (χ4v) is 2.44. The normalized spacial score (nSPS) is 11.9. The number of rotatable bonds is 5. The van der Waals surface area contributed by atoms with Crippen LogP contribution in [0.4, 0.5) is 0 Å². The van der Waals surface area contributed by atoms with Crippen molar-refractivity contribution in [1.82, 2.24) is 5.32 Å². The predicted octanol–water partition coefficient (Wildman–Crippen LogP) is 3.29. The number of carbonyl (C=O) groups excluding carboxylic acids is 1. The van der Waals surface area contributed by atoms with Crippen molar-refractivity contribution in [2.75, 3.05) is 0 Å². The van der Waals surface area contributed by atoms with E-state index in [1.54, 1.807) is 18.2 Å². The maximum absolute atomic E-state index is 12.0. The van der Waals surface area contributed by atoms with Crippen LogP contribution in [0.15, 0.2) is 22.7 Å². The van der Waals surface area contributed by atoms with E-state index in [0.717, 1.165) is 10.9 Å². The van der Waals surface area contributed by atoms with E-state index in [1.807, 2.05) is 6.92 Å². The first-order chi connectivity index (χ1) is 8.43. The molecule has 3 N–H and O–H groups in total. The summed E-state index contributed by atoms with van der Waals surface area (Å²) in [6.07, 6.45) is 1.25. The molecule has 98 valence electrons. The fourth-order valence-electron chi connectivity index (χ4n) is 1.48. The Bertz CT molecular complexity index is 467. The van der Waals surface area contributed by atoms with Crippen molar-refractivity contribution in [2.45, 2.75) is 25.8 Å². The summed E-state index contributed by atoms with van der Waals surface area (Å²) in [6, 6.07) is 5.07. The summed E-state index contributed by atoms with van der Waals surface area (Å²) in [5, 5.41) is 3.28. The van der Waals surface area contributed by atoms with Crippen LogP contribution in [0.1, 0.15) is 30.1 Å². The second-order valence-corrected chi connectivity index (χ2v) is 5.72. The van der Waals surface area contributed by atoms with Crippen LogP contribution in [-0.2, 0) is 0 Å². The molecule has 1 amide bonds. The maximum Gasteiger partial charge on any atom is 0.253 e. The highest BCUT2D eigenvalue weighted by molar-refractivity contribution is 9.10. The Morgan fingerprint density at radius 1 is 1.61 bits per heavy atom. The number of hydrogen-bond donors (Lipinski definition) is 2. The predicted molar refractivity (Wildman–Crippen MR) is 82.1 cm³/mol. The molecule has 1 aromatic carbocycles. The van der Waals surface area contributed by atoms with Crippen molar-refractivity contribution in [3.8, 4) is 0 Å². The van der Waals surface area contributed by atoms with Gasteiger partial charge in [0.15, 0.2) is 0 Å². The zero-order valence-corrected chi connectivity index (χ0v) is 13.0. The van der Waals surface area contributed by atoms with Gasteiger partial charge < -0.3 is 11.1 Å². The largest absolute Gasteiger partial charge is 0.393 e. The first-order valence-electron chi connectivity index (χ1n) is 5.48. The van der Waals surface area contributed by atoms with Crippen molar-refractivity contribution < 1.29 is 4.79 Å². The first-order valence-corrected chi connectivity index (χ1v) is 7.06. The molecule has 0 aliphatic heterocycles. The number of amides is 1. The average Bonchev–Trinajstić information content (AvgIpc) is 2.27. The molecule has 1 unspecified atom stereocenters. The van der Waals surface area contributed by atoms with Crippen LogP contribution in [0.5, 0.6) is 0 Å². The molecule has 0 spiro atoms. The van der Waals surface area contributed by atoms with E-state index in [1.165, 1.54) is 0 Å². The molecule has 3 nitrogen and oxygen atoms in total. The van der Waals surface area contributed by atoms with Gasteiger partial charge in [-0.05, 0) is 24.6 Å². The molecule has 6 heteroatoms. The van der Waals surface area contributed by atoms with Crippen LogP contribution in [0.2, 0.25) is 5.02 Å². The summed E-state index contributed by atoms with van der Waals surface area (Å²) < 4.78 is 0.833. The molecule has 0 radical (unpaired) electrons. The van der Waals surface area contributed by atoms with Crippen LogP contribution in [0.25, 0.3) is 0 Å². The van der Waals surface area contributed by atoms with Gasteiger partial charge in [0, 0.05) is 16.9 Å². The Kier molecular flexibility index (Phi) is 6.05. The maximum atomic E-state index is 12.0. The van der Waals surface area contributed by atoms with Gasteiger partial charge in [-0.1, -0.05) is 46.7 Å². The highest BCUT2D eigenvalue weighted by Gasteiger charge is 2.15. The van der Waals surface area contributed by atoms with Crippen LogP contribution in [0, 0.1) is 0 Å². The van der Waals surface area contributed by atoms with Crippen molar-refractivity contribution in [3.05, 3.63) is 33.3 Å². The summed E-state index contributed by atoms with van der Waals surface area (Å²) in [5.74, 6) is -0.212. The second-order valence-electron chi connectivity index (χ2n) is 3.87. The molecular weight excluding hydrogens is 336 g/mol. The van der Waals surface area contributed by atoms with Crippen molar-refractivity contribution in [2.24, 2.45) is 5.73 Å². The number of benzene rings is 1. The quantitative estimate of drug-likeness (QED) is 0.802. The van der Waals surface area contributed by atoms with E-state index < -0.39 is 0 Å². The summed E-state index contributed by atoms with van der Waals surface area (Å²) in [6.45, 7) is 1.96. The van der Waals surface area contributed by atoms with Crippen molar-refractivity contribution >= 4 is 50.6 Å². The monoisotopic (exact) mass is 348 g/mol. The Morgan fingerprint density at radius 3 is 2.78 bits per heavy atom. The molecule has 0 aromatic heterocycles. The average molecular weight is 350 g/mol. The number of halogens is 2. The Labute approximate surface area is 125 Å². The van der Waals surface area contributed by atoms with Gasteiger partial charge in [-0.15, -0.1) is 0 Å². The van der Waals surface area contributed by atoms with Crippen LogP contribution in [0.3, 0.4) is 0 Å². The molecule has 1 aromatic rings. The lowest BCUT2D eigenvalue weighted by Crippen LogP contribution is -2.37. The fraction of sp³-hybridized carbons (Fsp3) is 0.333. The molecule has 1 rings (SSSR count). The second kappa shape index (κ2) is 7.07. The molecule has 0 fully saturated rings. The van der Waals surface area contributed by atoms with Gasteiger partial charge in [-0.2, -0.15) is 0 Å². The van der Waals surface area contributed by atoms with E-state index in [0.29, 0.717) is 22.0 Å². The zero-order valence-electron chi connectivity index (χ0n) is 9.87. The molecule has 0 saturated heterocycles. The topological polar surface area (TPSA) is 55.1 Å². The summed E-state index contributed by atoms with van der Waals surface area (Å²) in [7, 11) is 0. The number of nitrogens with one attached hydrogen (secondary N) is 1. The summed E-state index contributed by atoms with van der Waals surface area (Å²) >= 11 is 14.2. The smallest absolute Gasteiger partial charge is 0.253 e. The van der Waals surface area contributed by atoms with Crippen LogP contribution >= 0.6 is 39.7 Å². The SMILES string of the molecule is CCC(CC(N)=S)NC(=O)c1ccc(Br)cc1Cl. The van der Waals surface area contributed by atoms with Gasteiger partial charge in [0.1, 0.15) is 0 Å². The van der Waals surface area contributed by atoms with Gasteiger partial charge in [0.05, 0.1) is 15.6 Å². The highest BCUT2D eigenvalue weighted by Crippen LogP contribution is 2.21. The lowest BCUT2D eigenvalue weighted by atomic mass is 10.1. The summed E-state index contributed by atoms with van der Waals surface area (Å²) in [5.41, 5.74) is 5.93. The molecule has 0 saturated carbocycles. The molecular formula is C12H14BrClN2OS. The van der Waals surface area contributed by atoms with Crippen LogP contribution in [-0.4, -0.2) is 16.9 Å². The van der Waals surface area contributed by atoms with E-state index in [9.17, 15) is 4.79 Å². The van der Waals surface area contributed by atoms with Gasteiger partial charge in [-0.25, -0.2) is 0 Å². The minimum absolute atomic E-state index is 0.0605. The number of carbonyl (C=O) groups is 1. The molecule has 1 atom stereocenters. The lowest BCUT2D eigenvalue weighted by molar-refractivity contribution is 0.0937. The third-order valence-electron chi connectivity index (χ3n) is 2.45. The van der Waals surface area contributed by atoms with E-state index in [-0.39, 0.29) is 11.9 Å². The van der Waals surface area contributed by atoms with E-state index in [2.05, 4.69) is 21.2 Å². The van der Waals surface area contributed by atoms with E-state index in [4.69, 9.17) is 29.6 Å². The third kappa shape index (κ3) is 4.55. The number of hydrogen-bond acceptors (Lipinski definition) is 2. The Balaban J connectivity index is 2.77. The third-order valence-corrected chi connectivity index (χ3v) is 3.42. The Hall–Kier alpha value is -0.650. The standard InChI is InChI=1S/C12H14BrClN2OS/c1-2-8(6-11(15)18)16-12(17)9-4-3-7(13)5-10(9)14/h3-5,8H,2,6H2,1H3,(H2,15,18)(H,16,17). The highest BCUT2D eigenvalue weighted by atomic mass is 79.9. The van der Waals surface area contributed by atoms with E-state index >= 15 is 0 Å². The van der Waals surface area contributed by atoms with Gasteiger partial charge in [-0.3, -0.25) is 4.79 Å². The molecule has 18 heavy (non-hydrogen) atoms. The molecule has 0 bridgehead atoms. The molecule has 0 heterocycles. The minimum Gasteiger partial charge on any atom is -0.393 e. The first kappa shape index (κ1) is 15.4. The zero-order chi connectivity index (χ0) is 13.7. The number of thiocarbonyl (C=S) groups is 1. The summed E-state index contributed by atoms with van der Waals surface area (Å²) in [4.78, 5) is 12.4. The molecule has 0 aliphatic rings. The van der Waals surface area contributed by atoms with Crippen molar-refractivity contribution in [3.63, 3.8) is 0 Å². The van der Waals surface area contributed by atoms with Gasteiger partial charge in [0.25, 0.3) is 5.91 Å². The molecule has 0 aliphatic carbocycles. The van der Waals surface area contributed by atoms with Crippen molar-refractivity contribution in [1.29, 1.82) is 0 Å². The number of nitrogens with two attached hydrogens (primary N) is 1. The minimum atomic E-state index is -0.212.